The van der Waals surface area contributed by atoms with Crippen molar-refractivity contribution in [3.63, 3.8) is 0 Å². The molecule has 30 heavy (non-hydrogen) atoms. The Hall–Kier alpha value is -3.23. The number of para-hydroxylation sites is 1. The molecule has 0 spiro atoms. The van der Waals surface area contributed by atoms with Crippen LogP contribution in [0.5, 0.6) is 0 Å². The summed E-state index contributed by atoms with van der Waals surface area (Å²) in [6.07, 6.45) is 6.69. The minimum Gasteiger partial charge on any atom is -0.355 e. The second kappa shape index (κ2) is 7.89. The summed E-state index contributed by atoms with van der Waals surface area (Å²) in [5, 5.41) is 1.13. The molecule has 0 bridgehead atoms. The monoisotopic (exact) mass is 417 g/mol. The maximum absolute atomic E-state index is 11.1. The standard InChI is InChI=1S/C22H19N5O2S/c28-30(29)14-15-9-17(11-23-10-15)21-22(25-8-7-24-21)18-12-27(13-18)20-6-5-16-3-1-2-4-19(16)26-20/h1-11,18H,12-14H2,(H,28,29). The van der Waals surface area contributed by atoms with Gasteiger partial charge in [-0.3, -0.25) is 15.0 Å². The van der Waals surface area contributed by atoms with Crippen molar-refractivity contribution >= 4 is 27.8 Å². The smallest absolute Gasteiger partial charge is 0.157 e. The maximum atomic E-state index is 11.1. The zero-order valence-electron chi connectivity index (χ0n) is 16.0. The molecule has 0 saturated carbocycles. The Bertz CT molecular complexity index is 1240. The Morgan fingerprint density at radius 1 is 1.07 bits per heavy atom. The van der Waals surface area contributed by atoms with Gasteiger partial charge in [-0.2, -0.15) is 0 Å². The highest BCUT2D eigenvalue weighted by atomic mass is 32.2. The molecule has 1 aliphatic rings. The van der Waals surface area contributed by atoms with Crippen LogP contribution in [0.15, 0.2) is 67.3 Å². The molecule has 4 heterocycles. The first-order chi connectivity index (χ1) is 14.7. The van der Waals surface area contributed by atoms with E-state index in [1.54, 1.807) is 24.8 Å². The van der Waals surface area contributed by atoms with Gasteiger partial charge in [0.2, 0.25) is 0 Å². The molecule has 1 N–H and O–H groups in total. The van der Waals surface area contributed by atoms with E-state index in [9.17, 15) is 4.21 Å². The molecule has 1 unspecified atom stereocenters. The summed E-state index contributed by atoms with van der Waals surface area (Å²) in [4.78, 5) is 20.4. The Labute approximate surface area is 176 Å². The minimum absolute atomic E-state index is 0.0429. The highest BCUT2D eigenvalue weighted by Crippen LogP contribution is 2.34. The first-order valence-electron chi connectivity index (χ1n) is 9.61. The zero-order chi connectivity index (χ0) is 20.5. The van der Waals surface area contributed by atoms with Crippen molar-refractivity contribution in [2.24, 2.45) is 0 Å². The van der Waals surface area contributed by atoms with Gasteiger partial charge in [0.05, 0.1) is 22.7 Å². The molecule has 1 fully saturated rings. The summed E-state index contributed by atoms with van der Waals surface area (Å²) in [5.41, 5.74) is 4.18. The molecular formula is C22H19N5O2S. The summed E-state index contributed by atoms with van der Waals surface area (Å²) in [6.45, 7) is 1.62. The predicted molar refractivity (Wildman–Crippen MR) is 116 cm³/mol. The van der Waals surface area contributed by atoms with Crippen LogP contribution in [0.4, 0.5) is 5.82 Å². The molecule has 3 aromatic heterocycles. The number of anilines is 1. The lowest BCUT2D eigenvalue weighted by atomic mass is 9.92. The summed E-state index contributed by atoms with van der Waals surface area (Å²) < 4.78 is 20.3. The molecule has 4 aromatic rings. The SMILES string of the molecule is O=S(O)Cc1cncc(-c2nccnc2C2CN(c3ccc4ccccc4n3)C2)c1. The normalized spacial score (nSPS) is 15.2. The number of benzene rings is 1. The van der Waals surface area contributed by atoms with Crippen molar-refractivity contribution in [3.8, 4) is 11.3 Å². The lowest BCUT2D eigenvalue weighted by molar-refractivity contribution is 0.509. The summed E-state index contributed by atoms with van der Waals surface area (Å²) in [5.74, 6) is 1.24. The van der Waals surface area contributed by atoms with Gasteiger partial charge in [-0.15, -0.1) is 0 Å². The van der Waals surface area contributed by atoms with E-state index in [1.807, 2.05) is 24.3 Å². The minimum atomic E-state index is -1.91. The first-order valence-corrected chi connectivity index (χ1v) is 10.9. The predicted octanol–water partition coefficient (Wildman–Crippen LogP) is 3.41. The molecule has 1 saturated heterocycles. The van der Waals surface area contributed by atoms with E-state index in [0.29, 0.717) is 5.56 Å². The molecule has 7 nitrogen and oxygen atoms in total. The number of hydrogen-bond donors (Lipinski definition) is 1. The van der Waals surface area contributed by atoms with Gasteiger partial charge in [0.1, 0.15) is 5.82 Å². The highest BCUT2D eigenvalue weighted by Gasteiger charge is 2.32. The average molecular weight is 417 g/mol. The van der Waals surface area contributed by atoms with Gasteiger partial charge >= 0.3 is 0 Å². The van der Waals surface area contributed by atoms with E-state index >= 15 is 0 Å². The van der Waals surface area contributed by atoms with Gasteiger partial charge in [0.15, 0.2) is 11.1 Å². The van der Waals surface area contributed by atoms with E-state index in [4.69, 9.17) is 9.54 Å². The third-order valence-corrected chi connectivity index (χ3v) is 5.84. The maximum Gasteiger partial charge on any atom is 0.157 e. The van der Waals surface area contributed by atoms with Crippen LogP contribution in [0.3, 0.4) is 0 Å². The van der Waals surface area contributed by atoms with Crippen molar-refractivity contribution in [1.82, 2.24) is 19.9 Å². The number of nitrogens with zero attached hydrogens (tertiary/aromatic N) is 5. The fourth-order valence-electron chi connectivity index (χ4n) is 3.78. The molecule has 0 radical (unpaired) electrons. The van der Waals surface area contributed by atoms with E-state index in [0.717, 1.165) is 46.8 Å². The lowest BCUT2D eigenvalue weighted by Gasteiger charge is -2.40. The van der Waals surface area contributed by atoms with Crippen LogP contribution in [-0.2, 0) is 16.8 Å². The lowest BCUT2D eigenvalue weighted by Crippen LogP contribution is -2.46. The van der Waals surface area contributed by atoms with Crippen LogP contribution in [0.2, 0.25) is 0 Å². The van der Waals surface area contributed by atoms with Crippen molar-refractivity contribution in [2.75, 3.05) is 18.0 Å². The Kier molecular flexibility index (Phi) is 4.94. The molecule has 5 rings (SSSR count). The summed E-state index contributed by atoms with van der Waals surface area (Å²) in [6, 6.07) is 14.1. The van der Waals surface area contributed by atoms with Crippen LogP contribution in [0, 0.1) is 0 Å². The van der Waals surface area contributed by atoms with E-state index < -0.39 is 11.1 Å². The molecule has 150 valence electrons. The van der Waals surface area contributed by atoms with E-state index in [1.165, 1.54) is 0 Å². The Balaban J connectivity index is 1.38. The van der Waals surface area contributed by atoms with Gasteiger partial charge < -0.3 is 9.45 Å². The summed E-state index contributed by atoms with van der Waals surface area (Å²) in [7, 11) is 0. The van der Waals surface area contributed by atoms with Crippen molar-refractivity contribution in [1.29, 1.82) is 0 Å². The van der Waals surface area contributed by atoms with Crippen LogP contribution >= 0.6 is 0 Å². The fourth-order valence-corrected chi connectivity index (χ4v) is 4.22. The van der Waals surface area contributed by atoms with Crippen LogP contribution < -0.4 is 4.90 Å². The van der Waals surface area contributed by atoms with Crippen LogP contribution in [-0.4, -0.2) is 41.8 Å². The third-order valence-electron chi connectivity index (χ3n) is 5.26. The molecule has 1 aromatic carbocycles. The molecule has 0 aliphatic carbocycles. The second-order valence-corrected chi connectivity index (χ2v) is 8.23. The molecular weight excluding hydrogens is 398 g/mol. The quantitative estimate of drug-likeness (QED) is 0.498. The molecule has 1 atom stereocenters. The van der Waals surface area contributed by atoms with Crippen molar-refractivity contribution < 1.29 is 8.76 Å². The van der Waals surface area contributed by atoms with Gasteiger partial charge in [0, 0.05) is 54.7 Å². The Morgan fingerprint density at radius 3 is 2.77 bits per heavy atom. The summed E-state index contributed by atoms with van der Waals surface area (Å²) >= 11 is -1.91. The van der Waals surface area contributed by atoms with Gasteiger partial charge in [-0.25, -0.2) is 9.19 Å². The van der Waals surface area contributed by atoms with E-state index in [-0.39, 0.29) is 11.7 Å². The van der Waals surface area contributed by atoms with Crippen LogP contribution in [0.25, 0.3) is 22.2 Å². The van der Waals surface area contributed by atoms with Gasteiger partial charge in [-0.05, 0) is 29.8 Å². The third kappa shape index (κ3) is 3.67. The second-order valence-electron chi connectivity index (χ2n) is 7.30. The fraction of sp³-hybridized carbons (Fsp3) is 0.182. The Morgan fingerprint density at radius 2 is 1.90 bits per heavy atom. The highest BCUT2D eigenvalue weighted by molar-refractivity contribution is 7.78. The number of pyridine rings is 2. The molecule has 8 heteroatoms. The largest absolute Gasteiger partial charge is 0.355 e. The van der Waals surface area contributed by atoms with E-state index in [2.05, 4.69) is 38.1 Å². The topological polar surface area (TPSA) is 92.1 Å². The number of hydrogen-bond acceptors (Lipinski definition) is 6. The first kappa shape index (κ1) is 18.8. The van der Waals surface area contributed by atoms with Gasteiger partial charge in [-0.1, -0.05) is 18.2 Å². The zero-order valence-corrected chi connectivity index (χ0v) is 16.9. The van der Waals surface area contributed by atoms with Gasteiger partial charge in [0.25, 0.3) is 0 Å². The van der Waals surface area contributed by atoms with Crippen LogP contribution in [0.1, 0.15) is 17.2 Å². The molecule has 1 aliphatic heterocycles. The number of rotatable bonds is 5. The van der Waals surface area contributed by atoms with Crippen molar-refractivity contribution in [2.45, 2.75) is 11.7 Å². The molecule has 0 amide bonds. The average Bonchev–Trinajstić information content (AvgIpc) is 2.73. The van der Waals surface area contributed by atoms with Crippen molar-refractivity contribution in [3.05, 3.63) is 78.5 Å². The number of aromatic nitrogens is 4. The number of fused-ring (bicyclic) bond motifs is 1.